The molecule has 3 N–H and O–H groups in total. The molecule has 1 aliphatic heterocycles. The van der Waals surface area contributed by atoms with Gasteiger partial charge in [0.2, 0.25) is 0 Å². The highest BCUT2D eigenvalue weighted by Crippen LogP contribution is 2.20. The number of rotatable bonds is 4. The first-order valence-electron chi connectivity index (χ1n) is 4.79. The summed E-state index contributed by atoms with van der Waals surface area (Å²) in [7, 11) is 2.16. The zero-order valence-electron chi connectivity index (χ0n) is 7.87. The summed E-state index contributed by atoms with van der Waals surface area (Å²) >= 11 is 0. The molecular formula is C9H20N2O. The first-order valence-corrected chi connectivity index (χ1v) is 4.79. The van der Waals surface area contributed by atoms with E-state index in [4.69, 9.17) is 10.8 Å². The summed E-state index contributed by atoms with van der Waals surface area (Å²) < 4.78 is 0. The highest BCUT2D eigenvalue weighted by Gasteiger charge is 2.23. The highest BCUT2D eigenvalue weighted by molar-refractivity contribution is 4.79. The van der Waals surface area contributed by atoms with Crippen LogP contribution >= 0.6 is 0 Å². The largest absolute Gasteiger partial charge is 0.396 e. The maximum Gasteiger partial charge on any atom is 0.0471 e. The molecule has 0 bridgehead atoms. The van der Waals surface area contributed by atoms with Gasteiger partial charge in [-0.1, -0.05) is 0 Å². The van der Waals surface area contributed by atoms with Crippen LogP contribution in [-0.2, 0) is 0 Å². The van der Waals surface area contributed by atoms with Crippen LogP contribution in [0.5, 0.6) is 0 Å². The summed E-state index contributed by atoms with van der Waals surface area (Å²) in [5.41, 5.74) is 5.53. The number of hydrogen-bond donors (Lipinski definition) is 2. The fraction of sp³-hybridized carbons (Fsp3) is 1.00. The van der Waals surface area contributed by atoms with Crippen LogP contribution in [0.1, 0.15) is 19.3 Å². The monoisotopic (exact) mass is 172 g/mol. The minimum absolute atomic E-state index is 0.237. The molecule has 1 rings (SSSR count). The lowest BCUT2D eigenvalue weighted by Gasteiger charge is -2.23. The lowest BCUT2D eigenvalue weighted by molar-refractivity contribution is 0.185. The third-order valence-corrected chi connectivity index (χ3v) is 2.87. The molecule has 1 saturated heterocycles. The first-order chi connectivity index (χ1) is 5.77. The summed E-state index contributed by atoms with van der Waals surface area (Å²) in [6.07, 6.45) is 3.63. The Bertz CT molecular complexity index is 126. The second-order valence-corrected chi connectivity index (χ2v) is 3.80. The Hall–Kier alpha value is -0.120. The quantitative estimate of drug-likeness (QED) is 0.629. The van der Waals surface area contributed by atoms with Gasteiger partial charge >= 0.3 is 0 Å². The van der Waals surface area contributed by atoms with Crippen LogP contribution < -0.4 is 5.73 Å². The van der Waals surface area contributed by atoms with Gasteiger partial charge in [-0.2, -0.15) is 0 Å². The Morgan fingerprint density at radius 3 is 2.83 bits per heavy atom. The van der Waals surface area contributed by atoms with Gasteiger partial charge in [0.25, 0.3) is 0 Å². The molecular weight excluding hydrogens is 152 g/mol. The van der Waals surface area contributed by atoms with E-state index in [9.17, 15) is 0 Å². The molecule has 3 heteroatoms. The van der Waals surface area contributed by atoms with Gasteiger partial charge in [0.1, 0.15) is 0 Å². The highest BCUT2D eigenvalue weighted by atomic mass is 16.3. The number of hydrogen-bond acceptors (Lipinski definition) is 3. The van der Waals surface area contributed by atoms with E-state index in [0.29, 0.717) is 18.5 Å². The van der Waals surface area contributed by atoms with Gasteiger partial charge in [-0.15, -0.1) is 0 Å². The van der Waals surface area contributed by atoms with Gasteiger partial charge in [0, 0.05) is 12.6 Å². The minimum Gasteiger partial charge on any atom is -0.396 e. The number of aliphatic hydroxyl groups is 1. The van der Waals surface area contributed by atoms with Crippen molar-refractivity contribution in [1.29, 1.82) is 0 Å². The van der Waals surface area contributed by atoms with Crippen molar-refractivity contribution in [1.82, 2.24) is 4.90 Å². The van der Waals surface area contributed by atoms with E-state index in [-0.39, 0.29) is 6.61 Å². The molecule has 0 aromatic heterocycles. The smallest absolute Gasteiger partial charge is 0.0471 e. The molecule has 2 unspecified atom stereocenters. The maximum atomic E-state index is 8.97. The zero-order chi connectivity index (χ0) is 8.97. The lowest BCUT2D eigenvalue weighted by Crippen LogP contribution is -2.31. The van der Waals surface area contributed by atoms with Crippen LogP contribution in [0.4, 0.5) is 0 Å². The maximum absolute atomic E-state index is 8.97. The molecule has 0 amide bonds. The molecule has 3 nitrogen and oxygen atoms in total. The van der Waals surface area contributed by atoms with Crippen LogP contribution in [0.25, 0.3) is 0 Å². The molecule has 0 aromatic carbocycles. The molecule has 72 valence electrons. The van der Waals surface area contributed by atoms with E-state index in [1.54, 1.807) is 0 Å². The number of aliphatic hydroxyl groups excluding tert-OH is 1. The lowest BCUT2D eigenvalue weighted by atomic mass is 9.99. The summed E-state index contributed by atoms with van der Waals surface area (Å²) in [6, 6.07) is 0.658. The molecule has 2 atom stereocenters. The van der Waals surface area contributed by atoms with Crippen molar-refractivity contribution in [3.63, 3.8) is 0 Å². The third kappa shape index (κ3) is 2.44. The van der Waals surface area contributed by atoms with Crippen LogP contribution in [0, 0.1) is 5.92 Å². The standard InChI is InChI=1S/C9H20N2O/c1-11-4-2-3-9(11)5-8(6-10)7-12/h8-9,12H,2-7,10H2,1H3. The predicted octanol–water partition coefficient (Wildman–Crippen LogP) is 0.0379. The van der Waals surface area contributed by atoms with Crippen LogP contribution in [-0.4, -0.2) is 42.8 Å². The van der Waals surface area contributed by atoms with Crippen LogP contribution in [0.2, 0.25) is 0 Å². The second kappa shape index (κ2) is 4.80. The summed E-state index contributed by atoms with van der Waals surface area (Å²) in [4.78, 5) is 2.37. The molecule has 1 heterocycles. The number of nitrogens with zero attached hydrogens (tertiary/aromatic N) is 1. The van der Waals surface area contributed by atoms with E-state index in [2.05, 4.69) is 11.9 Å². The van der Waals surface area contributed by atoms with E-state index < -0.39 is 0 Å². The Morgan fingerprint density at radius 1 is 1.67 bits per heavy atom. The molecule has 0 aliphatic carbocycles. The van der Waals surface area contributed by atoms with Crippen molar-refractivity contribution in [3.8, 4) is 0 Å². The van der Waals surface area contributed by atoms with Crippen molar-refractivity contribution in [2.45, 2.75) is 25.3 Å². The number of likely N-dealkylation sites (tertiary alicyclic amines) is 1. The Balaban J connectivity index is 2.28. The van der Waals surface area contributed by atoms with Gasteiger partial charge in [0.05, 0.1) is 0 Å². The van der Waals surface area contributed by atoms with Crippen LogP contribution in [0.3, 0.4) is 0 Å². The normalized spacial score (nSPS) is 27.8. The summed E-state index contributed by atoms with van der Waals surface area (Å²) in [5, 5.41) is 8.97. The molecule has 12 heavy (non-hydrogen) atoms. The molecule has 0 saturated carbocycles. The van der Waals surface area contributed by atoms with E-state index in [1.165, 1.54) is 19.4 Å². The van der Waals surface area contributed by atoms with Crippen molar-refractivity contribution in [3.05, 3.63) is 0 Å². The molecule has 1 aliphatic rings. The van der Waals surface area contributed by atoms with E-state index >= 15 is 0 Å². The zero-order valence-corrected chi connectivity index (χ0v) is 7.87. The average molecular weight is 172 g/mol. The van der Waals surface area contributed by atoms with Crippen molar-refractivity contribution < 1.29 is 5.11 Å². The van der Waals surface area contributed by atoms with Gasteiger partial charge in [-0.05, 0) is 45.3 Å². The van der Waals surface area contributed by atoms with E-state index in [0.717, 1.165) is 6.42 Å². The van der Waals surface area contributed by atoms with E-state index in [1.807, 2.05) is 0 Å². The first kappa shape index (κ1) is 9.96. The number of nitrogens with two attached hydrogens (primary N) is 1. The Kier molecular flexibility index (Phi) is 3.98. The van der Waals surface area contributed by atoms with Crippen molar-refractivity contribution >= 4 is 0 Å². The minimum atomic E-state index is 0.237. The molecule has 0 spiro atoms. The van der Waals surface area contributed by atoms with Gasteiger partial charge in [-0.3, -0.25) is 0 Å². The predicted molar refractivity (Wildman–Crippen MR) is 49.9 cm³/mol. The SMILES string of the molecule is CN1CCCC1CC(CN)CO. The van der Waals surface area contributed by atoms with Crippen molar-refractivity contribution in [2.24, 2.45) is 11.7 Å². The molecule has 1 fully saturated rings. The fourth-order valence-electron chi connectivity index (χ4n) is 1.91. The van der Waals surface area contributed by atoms with Gasteiger partial charge in [0.15, 0.2) is 0 Å². The second-order valence-electron chi connectivity index (χ2n) is 3.80. The average Bonchev–Trinajstić information content (AvgIpc) is 2.47. The summed E-state index contributed by atoms with van der Waals surface area (Å²) in [6.45, 7) is 2.05. The Labute approximate surface area is 74.5 Å². The van der Waals surface area contributed by atoms with Crippen LogP contribution in [0.15, 0.2) is 0 Å². The topological polar surface area (TPSA) is 49.5 Å². The van der Waals surface area contributed by atoms with Gasteiger partial charge < -0.3 is 15.7 Å². The fourth-order valence-corrected chi connectivity index (χ4v) is 1.91. The Morgan fingerprint density at radius 2 is 2.42 bits per heavy atom. The molecule has 0 aromatic rings. The van der Waals surface area contributed by atoms with Crippen molar-refractivity contribution in [2.75, 3.05) is 26.7 Å². The molecule has 0 radical (unpaired) electrons. The summed E-state index contributed by atoms with van der Waals surface area (Å²) in [5.74, 6) is 0.301. The third-order valence-electron chi connectivity index (χ3n) is 2.87. The van der Waals surface area contributed by atoms with Gasteiger partial charge in [-0.25, -0.2) is 0 Å².